The van der Waals surface area contributed by atoms with Crippen LogP contribution in [0.4, 0.5) is 13.2 Å². The van der Waals surface area contributed by atoms with Crippen LogP contribution in [-0.2, 0) is 4.74 Å². The van der Waals surface area contributed by atoms with Crippen molar-refractivity contribution in [3.63, 3.8) is 0 Å². The van der Waals surface area contributed by atoms with Crippen LogP contribution in [0.1, 0.15) is 22.8 Å². The van der Waals surface area contributed by atoms with Gasteiger partial charge < -0.3 is 14.5 Å². The van der Waals surface area contributed by atoms with E-state index in [0.29, 0.717) is 0 Å². The topological polar surface area (TPSA) is 68.4 Å². The van der Waals surface area contributed by atoms with E-state index < -0.39 is 29.2 Å². The van der Waals surface area contributed by atoms with E-state index in [1.807, 2.05) is 4.98 Å². The van der Waals surface area contributed by atoms with Gasteiger partial charge >= 0.3 is 12.3 Å². The van der Waals surface area contributed by atoms with Gasteiger partial charge in [-0.05, 0) is 13.8 Å². The molecule has 0 bridgehead atoms. The average molecular weight is 265 g/mol. The molecule has 1 N–H and O–H groups in total. The summed E-state index contributed by atoms with van der Waals surface area (Å²) in [5.74, 6) is -1.64. The molecule has 1 rings (SSSR count). The van der Waals surface area contributed by atoms with Gasteiger partial charge in [0.25, 0.3) is 5.56 Å². The fraction of sp³-hybridized carbons (Fsp3) is 0.400. The van der Waals surface area contributed by atoms with Crippen molar-refractivity contribution in [1.29, 1.82) is 0 Å². The number of halogens is 3. The maximum Gasteiger partial charge on any atom is 0.573 e. The molecule has 100 valence electrons. The molecule has 0 amide bonds. The fourth-order valence-corrected chi connectivity index (χ4v) is 1.28. The summed E-state index contributed by atoms with van der Waals surface area (Å²) in [7, 11) is 0. The highest BCUT2D eigenvalue weighted by atomic mass is 19.4. The number of pyridine rings is 1. The standard InChI is InChI=1S/C10H10F3NO4/c1-3-17-9(16)7-5(2)6(4-14-8(7)15)18-10(11,12)13/h4H,3H2,1-2H3,(H,14,15). The van der Waals surface area contributed by atoms with Gasteiger partial charge in [0.2, 0.25) is 0 Å². The van der Waals surface area contributed by atoms with Gasteiger partial charge in [0.15, 0.2) is 0 Å². The van der Waals surface area contributed by atoms with Gasteiger partial charge in [-0.2, -0.15) is 0 Å². The van der Waals surface area contributed by atoms with Crippen LogP contribution in [0.25, 0.3) is 0 Å². The zero-order chi connectivity index (χ0) is 13.9. The summed E-state index contributed by atoms with van der Waals surface area (Å²) < 4.78 is 44.5. The number of esters is 1. The maximum absolute atomic E-state index is 12.1. The van der Waals surface area contributed by atoms with Gasteiger partial charge in [-0.25, -0.2) is 4.79 Å². The lowest BCUT2D eigenvalue weighted by atomic mass is 10.1. The first kappa shape index (κ1) is 14.1. The van der Waals surface area contributed by atoms with E-state index in [0.717, 1.165) is 6.20 Å². The van der Waals surface area contributed by atoms with E-state index in [9.17, 15) is 22.8 Å². The molecule has 0 saturated heterocycles. The summed E-state index contributed by atoms with van der Waals surface area (Å²) in [6.07, 6.45) is -4.16. The quantitative estimate of drug-likeness (QED) is 0.845. The lowest BCUT2D eigenvalue weighted by molar-refractivity contribution is -0.275. The summed E-state index contributed by atoms with van der Waals surface area (Å²) in [4.78, 5) is 24.8. The van der Waals surface area contributed by atoms with Crippen LogP contribution in [0.2, 0.25) is 0 Å². The van der Waals surface area contributed by atoms with Crippen LogP contribution in [0.15, 0.2) is 11.0 Å². The van der Waals surface area contributed by atoms with Gasteiger partial charge in [0.05, 0.1) is 6.61 Å². The summed E-state index contributed by atoms with van der Waals surface area (Å²) in [5.41, 5.74) is -1.56. The van der Waals surface area contributed by atoms with E-state index in [-0.39, 0.29) is 12.2 Å². The minimum Gasteiger partial charge on any atom is -0.462 e. The molecule has 0 atom stereocenters. The Bertz CT molecular complexity index is 507. The second kappa shape index (κ2) is 5.11. The molecule has 0 aliphatic heterocycles. The minimum absolute atomic E-state index is 0.00205. The Balaban J connectivity index is 3.23. The largest absolute Gasteiger partial charge is 0.573 e. The van der Waals surface area contributed by atoms with Crippen LogP contribution >= 0.6 is 0 Å². The third kappa shape index (κ3) is 3.25. The number of aromatic nitrogens is 1. The first-order valence-electron chi connectivity index (χ1n) is 4.91. The molecular formula is C10H10F3NO4. The Morgan fingerprint density at radius 3 is 2.56 bits per heavy atom. The molecule has 0 aromatic carbocycles. The number of alkyl halides is 3. The zero-order valence-corrected chi connectivity index (χ0v) is 9.55. The molecule has 0 aliphatic carbocycles. The first-order valence-corrected chi connectivity index (χ1v) is 4.91. The van der Waals surface area contributed by atoms with Crippen LogP contribution < -0.4 is 10.3 Å². The molecule has 1 aromatic rings. The van der Waals surface area contributed by atoms with Gasteiger partial charge in [-0.3, -0.25) is 4.79 Å². The Labute approximate surface area is 99.5 Å². The monoisotopic (exact) mass is 265 g/mol. The zero-order valence-electron chi connectivity index (χ0n) is 9.55. The van der Waals surface area contributed by atoms with Crippen molar-refractivity contribution in [2.24, 2.45) is 0 Å². The number of carbonyl (C=O) groups excluding carboxylic acids is 1. The lowest BCUT2D eigenvalue weighted by Gasteiger charge is -2.12. The Hall–Kier alpha value is -1.99. The second-order valence-electron chi connectivity index (χ2n) is 3.25. The van der Waals surface area contributed by atoms with E-state index in [1.54, 1.807) is 0 Å². The van der Waals surface area contributed by atoms with Gasteiger partial charge in [0, 0.05) is 11.8 Å². The first-order chi connectivity index (χ1) is 8.26. The molecule has 0 aliphatic rings. The Morgan fingerprint density at radius 1 is 1.44 bits per heavy atom. The van der Waals surface area contributed by atoms with Gasteiger partial charge in [-0.1, -0.05) is 0 Å². The van der Waals surface area contributed by atoms with Crippen molar-refractivity contribution in [2.45, 2.75) is 20.2 Å². The smallest absolute Gasteiger partial charge is 0.462 e. The maximum atomic E-state index is 12.1. The summed E-state index contributed by atoms with van der Waals surface area (Å²) in [6.45, 7) is 2.68. The van der Waals surface area contributed by atoms with Gasteiger partial charge in [0.1, 0.15) is 11.3 Å². The SMILES string of the molecule is CCOC(=O)c1c(C)c(OC(F)(F)F)c[nH]c1=O. The molecule has 0 unspecified atom stereocenters. The van der Waals surface area contributed by atoms with Crippen molar-refractivity contribution in [2.75, 3.05) is 6.61 Å². The minimum atomic E-state index is -4.91. The van der Waals surface area contributed by atoms with Crippen molar-refractivity contribution < 1.29 is 27.4 Å². The van der Waals surface area contributed by atoms with Crippen LogP contribution in [0.5, 0.6) is 5.75 Å². The van der Waals surface area contributed by atoms with E-state index in [4.69, 9.17) is 0 Å². The molecule has 0 spiro atoms. The van der Waals surface area contributed by atoms with E-state index in [1.165, 1.54) is 13.8 Å². The number of ether oxygens (including phenoxy) is 2. The summed E-state index contributed by atoms with van der Waals surface area (Å²) in [5, 5.41) is 0. The third-order valence-corrected chi connectivity index (χ3v) is 2.01. The van der Waals surface area contributed by atoms with Crippen LogP contribution in [0.3, 0.4) is 0 Å². The normalized spacial score (nSPS) is 11.2. The molecule has 0 fully saturated rings. The van der Waals surface area contributed by atoms with E-state index in [2.05, 4.69) is 9.47 Å². The number of carbonyl (C=O) groups is 1. The molecule has 18 heavy (non-hydrogen) atoms. The predicted octanol–water partition coefficient (Wildman–Crippen LogP) is 1.76. The molecule has 1 heterocycles. The number of nitrogens with one attached hydrogen (secondary N) is 1. The van der Waals surface area contributed by atoms with Crippen LogP contribution in [-0.4, -0.2) is 23.9 Å². The Kier molecular flexibility index (Phi) is 4.00. The number of rotatable bonds is 3. The molecular weight excluding hydrogens is 255 g/mol. The molecule has 0 saturated carbocycles. The predicted molar refractivity (Wildman–Crippen MR) is 54.4 cm³/mol. The van der Waals surface area contributed by atoms with Crippen molar-refractivity contribution in [3.05, 3.63) is 27.7 Å². The van der Waals surface area contributed by atoms with Crippen molar-refractivity contribution in [1.82, 2.24) is 4.98 Å². The average Bonchev–Trinajstić information content (AvgIpc) is 2.21. The highest BCUT2D eigenvalue weighted by Crippen LogP contribution is 2.25. The highest BCUT2D eigenvalue weighted by molar-refractivity contribution is 5.91. The number of H-pyrrole nitrogens is 1. The molecule has 1 aromatic heterocycles. The van der Waals surface area contributed by atoms with Crippen molar-refractivity contribution >= 4 is 5.97 Å². The molecule has 8 heteroatoms. The number of hydrogen-bond donors (Lipinski definition) is 1. The summed E-state index contributed by atoms with van der Waals surface area (Å²) >= 11 is 0. The third-order valence-electron chi connectivity index (χ3n) is 2.01. The molecule has 5 nitrogen and oxygen atoms in total. The summed E-state index contributed by atoms with van der Waals surface area (Å²) in [6, 6.07) is 0. The number of hydrogen-bond acceptors (Lipinski definition) is 4. The molecule has 0 radical (unpaired) electrons. The number of aromatic amines is 1. The second-order valence-corrected chi connectivity index (χ2v) is 3.25. The van der Waals surface area contributed by atoms with Crippen molar-refractivity contribution in [3.8, 4) is 5.75 Å². The Morgan fingerprint density at radius 2 is 2.06 bits per heavy atom. The van der Waals surface area contributed by atoms with Crippen LogP contribution in [0, 0.1) is 6.92 Å². The highest BCUT2D eigenvalue weighted by Gasteiger charge is 2.33. The van der Waals surface area contributed by atoms with E-state index >= 15 is 0 Å². The van der Waals surface area contributed by atoms with Gasteiger partial charge in [-0.15, -0.1) is 13.2 Å². The fourth-order valence-electron chi connectivity index (χ4n) is 1.28. The lowest BCUT2D eigenvalue weighted by Crippen LogP contribution is -2.24.